The molecule has 1 aromatic rings. The first kappa shape index (κ1) is 9.90. The van der Waals surface area contributed by atoms with Gasteiger partial charge in [0.2, 0.25) is 0 Å². The fourth-order valence-electron chi connectivity index (χ4n) is 2.57. The second-order valence-electron chi connectivity index (χ2n) is 4.29. The Labute approximate surface area is 98.7 Å². The maximum absolute atomic E-state index is 9.14. The molecule has 4 heterocycles. The molecule has 1 N–H and O–H groups in total. The highest BCUT2D eigenvalue weighted by atomic mass is 32.1. The lowest BCUT2D eigenvalue weighted by Gasteiger charge is -2.42. The van der Waals surface area contributed by atoms with Crippen molar-refractivity contribution >= 4 is 23.1 Å². The highest BCUT2D eigenvalue weighted by Gasteiger charge is 2.35. The third kappa shape index (κ3) is 1.53. The molecule has 0 atom stereocenters. The van der Waals surface area contributed by atoms with Crippen LogP contribution in [0.4, 0.5) is 0 Å². The van der Waals surface area contributed by atoms with Crippen LogP contribution in [0.15, 0.2) is 28.4 Å². The zero-order valence-corrected chi connectivity index (χ0v) is 9.78. The van der Waals surface area contributed by atoms with Crippen LogP contribution in [0.25, 0.3) is 6.08 Å². The average Bonchev–Trinajstić information content (AvgIpc) is 2.83. The fourth-order valence-corrected chi connectivity index (χ4v) is 3.22. The second-order valence-corrected chi connectivity index (χ2v) is 5.27. The molecule has 2 bridgehead atoms. The van der Waals surface area contributed by atoms with E-state index in [9.17, 15) is 0 Å². The molecule has 16 heavy (non-hydrogen) atoms. The summed E-state index contributed by atoms with van der Waals surface area (Å²) in [5.41, 5.74) is 2.00. The van der Waals surface area contributed by atoms with Gasteiger partial charge in [-0.05, 0) is 30.4 Å². The smallest absolute Gasteiger partial charge is 0.106 e. The first-order valence-electron chi connectivity index (χ1n) is 5.61. The Hall–Kier alpha value is -1.29. The predicted octanol–water partition coefficient (Wildman–Crippen LogP) is 2.64. The molecule has 0 unspecified atom stereocenters. The summed E-state index contributed by atoms with van der Waals surface area (Å²) in [5.74, 6) is 0.459. The van der Waals surface area contributed by atoms with Gasteiger partial charge in [-0.2, -0.15) is 0 Å². The van der Waals surface area contributed by atoms with E-state index in [4.69, 9.17) is 5.21 Å². The van der Waals surface area contributed by atoms with Crippen molar-refractivity contribution in [3.8, 4) is 0 Å². The number of allylic oxidation sites excluding steroid dienone is 1. The number of oxime groups is 1. The third-order valence-corrected chi connectivity index (χ3v) is 4.23. The van der Waals surface area contributed by atoms with Crippen molar-refractivity contribution in [2.45, 2.75) is 12.8 Å². The van der Waals surface area contributed by atoms with Gasteiger partial charge in [-0.1, -0.05) is 11.2 Å². The van der Waals surface area contributed by atoms with Gasteiger partial charge in [0.1, 0.15) is 5.71 Å². The summed E-state index contributed by atoms with van der Waals surface area (Å²) in [7, 11) is 0. The van der Waals surface area contributed by atoms with Crippen molar-refractivity contribution in [3.63, 3.8) is 0 Å². The van der Waals surface area contributed by atoms with Gasteiger partial charge in [-0.15, -0.1) is 11.3 Å². The van der Waals surface area contributed by atoms with Crippen LogP contribution in [0.3, 0.4) is 0 Å². The summed E-state index contributed by atoms with van der Waals surface area (Å²) in [6, 6.07) is 4.14. The molecule has 0 radical (unpaired) electrons. The quantitative estimate of drug-likeness (QED) is 0.599. The van der Waals surface area contributed by atoms with Crippen LogP contribution in [0.5, 0.6) is 0 Å². The van der Waals surface area contributed by atoms with Gasteiger partial charge in [0.15, 0.2) is 0 Å². The topological polar surface area (TPSA) is 35.8 Å². The zero-order chi connectivity index (χ0) is 11.0. The van der Waals surface area contributed by atoms with E-state index in [0.29, 0.717) is 5.92 Å². The lowest BCUT2D eigenvalue weighted by molar-refractivity contribution is 0.229. The van der Waals surface area contributed by atoms with Gasteiger partial charge in [0.25, 0.3) is 0 Å². The predicted molar refractivity (Wildman–Crippen MR) is 65.8 cm³/mol. The summed E-state index contributed by atoms with van der Waals surface area (Å²) in [6.45, 7) is 2.20. The van der Waals surface area contributed by atoms with Gasteiger partial charge in [0, 0.05) is 23.9 Å². The Kier molecular flexibility index (Phi) is 2.44. The maximum Gasteiger partial charge on any atom is 0.106 e. The lowest BCUT2D eigenvalue weighted by Crippen LogP contribution is -2.46. The van der Waals surface area contributed by atoms with Crippen LogP contribution < -0.4 is 0 Å². The van der Waals surface area contributed by atoms with Gasteiger partial charge < -0.3 is 10.1 Å². The number of nitrogens with zero attached hydrogens (tertiary/aromatic N) is 2. The molecule has 3 fully saturated rings. The standard InChI is InChI=1S/C12H14N2OS/c15-13-12-9-3-5-14(6-4-9)11(12)8-10-2-1-7-16-10/h1-2,7-9,15H,3-6H2/b11-8?,13-12+. The van der Waals surface area contributed by atoms with Crippen molar-refractivity contribution in [2.24, 2.45) is 11.1 Å². The molecule has 0 aromatic carbocycles. The second kappa shape index (κ2) is 3.94. The molecule has 3 saturated heterocycles. The Morgan fingerprint density at radius 1 is 1.44 bits per heavy atom. The molecule has 0 spiro atoms. The van der Waals surface area contributed by atoms with E-state index in [1.165, 1.54) is 4.88 Å². The summed E-state index contributed by atoms with van der Waals surface area (Å²) in [6.07, 6.45) is 4.40. The molecule has 3 nitrogen and oxygen atoms in total. The Morgan fingerprint density at radius 2 is 2.25 bits per heavy atom. The summed E-state index contributed by atoms with van der Waals surface area (Å²) >= 11 is 1.72. The van der Waals surface area contributed by atoms with Gasteiger partial charge in [0.05, 0.1) is 5.70 Å². The van der Waals surface area contributed by atoms with Crippen molar-refractivity contribution in [3.05, 3.63) is 28.1 Å². The number of hydrogen-bond acceptors (Lipinski definition) is 4. The van der Waals surface area contributed by atoms with E-state index in [1.807, 2.05) is 6.07 Å². The van der Waals surface area contributed by atoms with Crippen molar-refractivity contribution < 1.29 is 5.21 Å². The monoisotopic (exact) mass is 234 g/mol. The van der Waals surface area contributed by atoms with Crippen LogP contribution >= 0.6 is 11.3 Å². The summed E-state index contributed by atoms with van der Waals surface area (Å²) in [4.78, 5) is 3.55. The third-order valence-electron chi connectivity index (χ3n) is 3.41. The van der Waals surface area contributed by atoms with Crippen LogP contribution in [-0.4, -0.2) is 28.9 Å². The molecule has 0 amide bonds. The lowest BCUT2D eigenvalue weighted by atomic mass is 9.84. The van der Waals surface area contributed by atoms with Gasteiger partial charge >= 0.3 is 0 Å². The molecule has 84 valence electrons. The molecule has 1 aromatic heterocycles. The number of thiophene rings is 1. The van der Waals surface area contributed by atoms with Gasteiger partial charge in [-0.25, -0.2) is 0 Å². The van der Waals surface area contributed by atoms with E-state index in [1.54, 1.807) is 11.3 Å². The molecule has 3 aliphatic heterocycles. The van der Waals surface area contributed by atoms with Crippen LogP contribution in [0.1, 0.15) is 17.7 Å². The maximum atomic E-state index is 9.14. The number of hydrogen-bond donors (Lipinski definition) is 1. The van der Waals surface area contributed by atoms with Crippen molar-refractivity contribution in [2.75, 3.05) is 13.1 Å². The molecule has 4 rings (SSSR count). The largest absolute Gasteiger partial charge is 0.411 e. The highest BCUT2D eigenvalue weighted by Crippen LogP contribution is 2.33. The van der Waals surface area contributed by atoms with E-state index in [2.05, 4.69) is 27.6 Å². The molecule has 4 heteroatoms. The molecule has 3 aliphatic rings. The first-order chi connectivity index (χ1) is 7.88. The molecule has 0 saturated carbocycles. The van der Waals surface area contributed by atoms with Crippen LogP contribution in [0, 0.1) is 5.92 Å². The Balaban J connectivity index is 1.99. The zero-order valence-electron chi connectivity index (χ0n) is 8.97. The van der Waals surface area contributed by atoms with Crippen molar-refractivity contribution in [1.82, 2.24) is 4.90 Å². The number of rotatable bonds is 1. The average molecular weight is 234 g/mol. The normalized spacial score (nSPS) is 25.9. The van der Waals surface area contributed by atoms with E-state index >= 15 is 0 Å². The summed E-state index contributed by atoms with van der Waals surface area (Å²) in [5, 5.41) is 14.7. The molecule has 0 aliphatic carbocycles. The Morgan fingerprint density at radius 3 is 2.88 bits per heavy atom. The minimum atomic E-state index is 0.459. The van der Waals surface area contributed by atoms with Crippen LogP contribution in [-0.2, 0) is 0 Å². The molecular weight excluding hydrogens is 220 g/mol. The highest BCUT2D eigenvalue weighted by molar-refractivity contribution is 7.10. The molecular formula is C12H14N2OS. The SMILES string of the molecule is O/N=C1/C(=Cc2cccs2)N2CCC1CC2. The van der Waals surface area contributed by atoms with E-state index in [0.717, 1.165) is 37.3 Å². The van der Waals surface area contributed by atoms with Gasteiger partial charge in [-0.3, -0.25) is 0 Å². The van der Waals surface area contributed by atoms with Crippen LogP contribution in [0.2, 0.25) is 0 Å². The van der Waals surface area contributed by atoms with Crippen molar-refractivity contribution in [1.29, 1.82) is 0 Å². The first-order valence-corrected chi connectivity index (χ1v) is 6.49. The fraction of sp³-hybridized carbons (Fsp3) is 0.417. The van der Waals surface area contributed by atoms with E-state index < -0.39 is 0 Å². The number of fused-ring (bicyclic) bond motifs is 3. The summed E-state index contributed by atoms with van der Waals surface area (Å²) < 4.78 is 0. The van der Waals surface area contributed by atoms with E-state index in [-0.39, 0.29) is 0 Å². The Bertz CT molecular complexity index is 428. The minimum absolute atomic E-state index is 0.459. The minimum Gasteiger partial charge on any atom is -0.411 e. The number of piperidine rings is 3.